The van der Waals surface area contributed by atoms with Crippen LogP contribution >= 0.6 is 11.6 Å². The van der Waals surface area contributed by atoms with Crippen molar-refractivity contribution in [1.29, 1.82) is 0 Å². The number of anilines is 1. The first-order valence-electron chi connectivity index (χ1n) is 11.9. The van der Waals surface area contributed by atoms with Crippen LogP contribution in [0.1, 0.15) is 27.2 Å². The fraction of sp³-hybridized carbons (Fsp3) is 0.269. The lowest BCUT2D eigenvalue weighted by Gasteiger charge is -2.18. The van der Waals surface area contributed by atoms with Gasteiger partial charge in [-0.3, -0.25) is 4.68 Å². The van der Waals surface area contributed by atoms with Gasteiger partial charge >= 0.3 is 0 Å². The molecule has 2 heterocycles. The zero-order valence-corrected chi connectivity index (χ0v) is 22.7. The number of rotatable bonds is 9. The number of hydrogen-bond donors (Lipinski definition) is 3. The summed E-state index contributed by atoms with van der Waals surface area (Å²) in [5, 5.41) is 18.2. The van der Waals surface area contributed by atoms with Gasteiger partial charge in [0.05, 0.1) is 16.1 Å². The second kappa shape index (κ2) is 11.1. The zero-order valence-electron chi connectivity index (χ0n) is 21.1. The molecule has 4 rings (SSSR count). The summed E-state index contributed by atoms with van der Waals surface area (Å²) in [6, 6.07) is 11.8. The maximum absolute atomic E-state index is 13.7. The molecule has 0 spiro atoms. The molecule has 0 aliphatic carbocycles. The molecule has 0 unspecified atom stereocenters. The summed E-state index contributed by atoms with van der Waals surface area (Å²) < 4.78 is 42.8. The van der Waals surface area contributed by atoms with Crippen molar-refractivity contribution in [1.82, 2.24) is 24.5 Å². The molecule has 0 amide bonds. The van der Waals surface area contributed by atoms with Crippen LogP contribution in [-0.4, -0.2) is 46.4 Å². The average molecular weight is 559 g/mol. The van der Waals surface area contributed by atoms with Crippen LogP contribution in [0.15, 0.2) is 65.8 Å². The summed E-state index contributed by atoms with van der Waals surface area (Å²) in [5.41, 5.74) is 2.02. The largest absolute Gasteiger partial charge is 0.505 e. The first-order chi connectivity index (χ1) is 17.9. The smallest absolute Gasteiger partial charge is 0.240 e. The standard InChI is InChI=1S/C26H28ClFN6O3S/c1-26(2,3)34-16-20(24(33-34)17-5-10-21(28)23(35)15-17)22-11-14-30-25(32-22)29-12-4-13-31-38(36,37)19-8-6-18(27)7-9-19/h5-11,14-16,31,35H,4,12-13H2,1-3H3,(H,29,30,32). The third-order valence-electron chi connectivity index (χ3n) is 5.61. The number of sulfonamides is 1. The normalized spacial score (nSPS) is 12.0. The summed E-state index contributed by atoms with van der Waals surface area (Å²) in [7, 11) is -3.63. The lowest BCUT2D eigenvalue weighted by Crippen LogP contribution is -2.26. The second-order valence-corrected chi connectivity index (χ2v) is 11.8. The van der Waals surface area contributed by atoms with Gasteiger partial charge in [-0.15, -0.1) is 0 Å². The van der Waals surface area contributed by atoms with Gasteiger partial charge < -0.3 is 10.4 Å². The number of benzene rings is 2. The maximum Gasteiger partial charge on any atom is 0.240 e. The fourth-order valence-corrected chi connectivity index (χ4v) is 4.76. The lowest BCUT2D eigenvalue weighted by molar-refractivity contribution is 0.356. The van der Waals surface area contributed by atoms with Crippen LogP contribution in [-0.2, 0) is 15.6 Å². The summed E-state index contributed by atoms with van der Waals surface area (Å²) in [5.74, 6) is -0.815. The number of nitrogens with zero attached hydrogens (tertiary/aromatic N) is 4. The van der Waals surface area contributed by atoms with E-state index in [0.717, 1.165) is 0 Å². The summed E-state index contributed by atoms with van der Waals surface area (Å²) >= 11 is 5.82. The molecule has 0 saturated heterocycles. The fourth-order valence-electron chi connectivity index (χ4n) is 3.56. The van der Waals surface area contributed by atoms with Gasteiger partial charge in [-0.25, -0.2) is 27.5 Å². The third-order valence-corrected chi connectivity index (χ3v) is 7.33. The highest BCUT2D eigenvalue weighted by atomic mass is 35.5. The van der Waals surface area contributed by atoms with E-state index >= 15 is 0 Å². The van der Waals surface area contributed by atoms with E-state index in [9.17, 15) is 17.9 Å². The van der Waals surface area contributed by atoms with Crippen molar-refractivity contribution in [3.8, 4) is 28.3 Å². The highest BCUT2D eigenvalue weighted by Crippen LogP contribution is 2.34. The Morgan fingerprint density at radius 1 is 1.08 bits per heavy atom. The number of aromatic nitrogens is 4. The molecule has 9 nitrogen and oxygen atoms in total. The molecule has 0 aliphatic rings. The Morgan fingerprint density at radius 2 is 1.82 bits per heavy atom. The molecular weight excluding hydrogens is 531 g/mol. The molecular formula is C26H28ClFN6O3S. The first kappa shape index (κ1) is 27.5. The molecule has 0 saturated carbocycles. The van der Waals surface area contributed by atoms with Gasteiger partial charge in [0.15, 0.2) is 11.6 Å². The minimum absolute atomic E-state index is 0.145. The minimum Gasteiger partial charge on any atom is -0.505 e. The predicted molar refractivity (Wildman–Crippen MR) is 145 cm³/mol. The molecule has 0 aliphatic heterocycles. The Labute approximate surface area is 225 Å². The molecule has 2 aromatic heterocycles. The van der Waals surface area contributed by atoms with Crippen LogP contribution in [0.3, 0.4) is 0 Å². The zero-order chi connectivity index (χ0) is 27.5. The molecule has 0 radical (unpaired) electrons. The van der Waals surface area contributed by atoms with Crippen LogP contribution in [0.2, 0.25) is 5.02 Å². The lowest BCUT2D eigenvalue weighted by atomic mass is 10.1. The molecule has 2 aromatic carbocycles. The Balaban J connectivity index is 1.47. The minimum atomic E-state index is -3.63. The van der Waals surface area contributed by atoms with E-state index in [1.165, 1.54) is 36.4 Å². The quantitative estimate of drug-likeness (QED) is 0.246. The van der Waals surface area contributed by atoms with Crippen molar-refractivity contribution in [3.05, 3.63) is 71.8 Å². The number of phenols is 1. The van der Waals surface area contributed by atoms with E-state index in [0.29, 0.717) is 46.5 Å². The third kappa shape index (κ3) is 6.47. The van der Waals surface area contributed by atoms with E-state index < -0.39 is 21.6 Å². The van der Waals surface area contributed by atoms with Crippen molar-refractivity contribution in [3.63, 3.8) is 0 Å². The van der Waals surface area contributed by atoms with Crippen molar-refractivity contribution in [2.45, 2.75) is 37.6 Å². The van der Waals surface area contributed by atoms with Crippen molar-refractivity contribution >= 4 is 27.6 Å². The number of hydrogen-bond acceptors (Lipinski definition) is 7. The van der Waals surface area contributed by atoms with Crippen LogP contribution < -0.4 is 10.0 Å². The molecule has 0 bridgehead atoms. The van der Waals surface area contributed by atoms with Gasteiger partial charge in [0, 0.05) is 41.6 Å². The summed E-state index contributed by atoms with van der Waals surface area (Å²) in [6.45, 7) is 6.65. The van der Waals surface area contributed by atoms with Gasteiger partial charge in [-0.2, -0.15) is 5.10 Å². The van der Waals surface area contributed by atoms with Crippen LogP contribution in [0.4, 0.5) is 10.3 Å². The molecule has 12 heteroatoms. The predicted octanol–water partition coefficient (Wildman–Crippen LogP) is 5.04. The Morgan fingerprint density at radius 3 is 2.50 bits per heavy atom. The van der Waals surface area contributed by atoms with Crippen LogP contribution in [0.5, 0.6) is 5.75 Å². The molecule has 3 N–H and O–H groups in total. The highest BCUT2D eigenvalue weighted by molar-refractivity contribution is 7.89. The van der Waals surface area contributed by atoms with E-state index in [1.54, 1.807) is 23.0 Å². The van der Waals surface area contributed by atoms with E-state index in [-0.39, 0.29) is 17.0 Å². The topological polar surface area (TPSA) is 122 Å². The molecule has 200 valence electrons. The Bertz CT molecular complexity index is 1540. The number of aromatic hydroxyl groups is 1. The Kier molecular flexibility index (Phi) is 8.00. The van der Waals surface area contributed by atoms with Crippen LogP contribution in [0.25, 0.3) is 22.5 Å². The van der Waals surface area contributed by atoms with Gasteiger partial charge in [0.2, 0.25) is 16.0 Å². The van der Waals surface area contributed by atoms with Gasteiger partial charge in [-0.1, -0.05) is 11.6 Å². The van der Waals surface area contributed by atoms with Crippen molar-refractivity contribution in [2.24, 2.45) is 0 Å². The first-order valence-corrected chi connectivity index (χ1v) is 13.7. The van der Waals surface area contributed by atoms with Crippen LogP contribution in [0, 0.1) is 5.82 Å². The van der Waals surface area contributed by atoms with E-state index in [4.69, 9.17) is 16.7 Å². The summed E-state index contributed by atoms with van der Waals surface area (Å²) in [6.07, 6.45) is 3.95. The maximum atomic E-state index is 13.7. The SMILES string of the molecule is CC(C)(C)n1cc(-c2ccnc(NCCCNS(=O)(=O)c3ccc(Cl)cc3)n2)c(-c2ccc(F)c(O)c2)n1. The molecule has 38 heavy (non-hydrogen) atoms. The Hall–Kier alpha value is -3.54. The van der Waals surface area contributed by atoms with Gasteiger partial charge in [0.1, 0.15) is 5.69 Å². The summed E-state index contributed by atoms with van der Waals surface area (Å²) in [4.78, 5) is 9.01. The monoisotopic (exact) mass is 558 g/mol. The molecule has 0 atom stereocenters. The van der Waals surface area contributed by atoms with E-state index in [2.05, 4.69) is 20.0 Å². The molecule has 0 fully saturated rings. The second-order valence-electron chi connectivity index (χ2n) is 9.57. The van der Waals surface area contributed by atoms with Crippen molar-refractivity contribution in [2.75, 3.05) is 18.4 Å². The average Bonchev–Trinajstić information content (AvgIpc) is 3.32. The van der Waals surface area contributed by atoms with Gasteiger partial charge in [0.25, 0.3) is 0 Å². The molecule has 4 aromatic rings. The highest BCUT2D eigenvalue weighted by Gasteiger charge is 2.22. The number of nitrogens with one attached hydrogen (secondary N) is 2. The number of phenolic OH excluding ortho intramolecular Hbond substituents is 1. The van der Waals surface area contributed by atoms with Crippen molar-refractivity contribution < 1.29 is 17.9 Å². The van der Waals surface area contributed by atoms with Gasteiger partial charge in [-0.05, 0) is 75.7 Å². The number of halogens is 2. The van der Waals surface area contributed by atoms with E-state index in [1.807, 2.05) is 27.0 Å².